The van der Waals surface area contributed by atoms with Gasteiger partial charge in [-0.15, -0.1) is 6.42 Å². The molecule has 0 aliphatic rings. The van der Waals surface area contributed by atoms with Crippen molar-refractivity contribution in [3.8, 4) is 12.3 Å². The van der Waals surface area contributed by atoms with Crippen LogP contribution in [0.4, 0.5) is 4.39 Å². The van der Waals surface area contributed by atoms with Gasteiger partial charge in [0.05, 0.1) is 12.2 Å². The van der Waals surface area contributed by atoms with E-state index in [0.717, 1.165) is 6.07 Å². The summed E-state index contributed by atoms with van der Waals surface area (Å²) in [5, 5.41) is 8.65. The predicted molar refractivity (Wildman–Crippen MR) is 51.8 cm³/mol. The number of ether oxygens (including phenoxy) is 1. The van der Waals surface area contributed by atoms with Gasteiger partial charge in [-0.05, 0) is 17.7 Å². The van der Waals surface area contributed by atoms with Crippen molar-refractivity contribution in [2.24, 2.45) is 0 Å². The topological polar surface area (TPSA) is 46.5 Å². The Balaban J connectivity index is 2.79. The van der Waals surface area contributed by atoms with E-state index < -0.39 is 11.8 Å². The number of benzene rings is 1. The number of halogens is 1. The van der Waals surface area contributed by atoms with Crippen molar-refractivity contribution in [2.45, 2.75) is 6.61 Å². The first kappa shape index (κ1) is 11.2. The van der Waals surface area contributed by atoms with Crippen molar-refractivity contribution in [3.05, 3.63) is 35.1 Å². The summed E-state index contributed by atoms with van der Waals surface area (Å²) in [7, 11) is 0. The first-order valence-corrected chi connectivity index (χ1v) is 4.18. The molecule has 1 N–H and O–H groups in total. The maximum Gasteiger partial charge on any atom is 0.338 e. The van der Waals surface area contributed by atoms with Gasteiger partial charge in [-0.1, -0.05) is 12.0 Å². The van der Waals surface area contributed by atoms with Crippen LogP contribution in [0.15, 0.2) is 18.2 Å². The number of carboxylic acids is 1. The molecule has 0 aliphatic carbocycles. The van der Waals surface area contributed by atoms with E-state index >= 15 is 0 Å². The molecule has 0 atom stereocenters. The number of rotatable bonds is 4. The Hall–Kier alpha value is -1.86. The van der Waals surface area contributed by atoms with Gasteiger partial charge in [-0.3, -0.25) is 0 Å². The first-order chi connectivity index (χ1) is 7.15. The van der Waals surface area contributed by atoms with Crippen LogP contribution in [0.5, 0.6) is 0 Å². The van der Waals surface area contributed by atoms with E-state index in [9.17, 15) is 9.18 Å². The van der Waals surface area contributed by atoms with Gasteiger partial charge in [0, 0.05) is 0 Å². The first-order valence-electron chi connectivity index (χ1n) is 4.18. The third-order valence-corrected chi connectivity index (χ3v) is 1.72. The van der Waals surface area contributed by atoms with Crippen molar-refractivity contribution in [2.75, 3.05) is 6.61 Å². The van der Waals surface area contributed by atoms with Crippen molar-refractivity contribution in [1.82, 2.24) is 0 Å². The standard InChI is InChI=1S/C11H9FO3/c1-2-5-15-7-8-3-4-10(12)9(6-8)11(13)14/h1,3-4,6H,5,7H2,(H,13,14). The van der Waals surface area contributed by atoms with Crippen molar-refractivity contribution < 1.29 is 19.0 Å². The van der Waals surface area contributed by atoms with Crippen LogP contribution in [0, 0.1) is 18.2 Å². The Morgan fingerprint density at radius 2 is 2.33 bits per heavy atom. The molecule has 0 heterocycles. The van der Waals surface area contributed by atoms with Crippen molar-refractivity contribution in [1.29, 1.82) is 0 Å². The van der Waals surface area contributed by atoms with E-state index in [4.69, 9.17) is 16.3 Å². The van der Waals surface area contributed by atoms with E-state index in [1.165, 1.54) is 12.1 Å². The highest BCUT2D eigenvalue weighted by molar-refractivity contribution is 5.88. The molecule has 1 rings (SSSR count). The second kappa shape index (κ2) is 5.13. The number of hydrogen-bond acceptors (Lipinski definition) is 2. The van der Waals surface area contributed by atoms with Gasteiger partial charge in [0.1, 0.15) is 12.4 Å². The van der Waals surface area contributed by atoms with Crippen LogP contribution in [-0.4, -0.2) is 17.7 Å². The number of terminal acetylenes is 1. The van der Waals surface area contributed by atoms with E-state index in [1.54, 1.807) is 0 Å². The van der Waals surface area contributed by atoms with Crippen LogP contribution in [0.1, 0.15) is 15.9 Å². The minimum atomic E-state index is -1.30. The monoisotopic (exact) mass is 208 g/mol. The summed E-state index contributed by atoms with van der Waals surface area (Å²) in [5.41, 5.74) is 0.209. The lowest BCUT2D eigenvalue weighted by Crippen LogP contribution is -2.02. The zero-order valence-corrected chi connectivity index (χ0v) is 7.87. The number of carbonyl (C=O) groups is 1. The maximum atomic E-state index is 13.0. The summed E-state index contributed by atoms with van der Waals surface area (Å²) in [6, 6.07) is 3.78. The lowest BCUT2D eigenvalue weighted by molar-refractivity contribution is 0.0691. The van der Waals surface area contributed by atoms with Gasteiger partial charge in [0.25, 0.3) is 0 Å². The van der Waals surface area contributed by atoms with Crippen LogP contribution < -0.4 is 0 Å². The quantitative estimate of drug-likeness (QED) is 0.604. The van der Waals surface area contributed by atoms with Gasteiger partial charge in [-0.2, -0.15) is 0 Å². The van der Waals surface area contributed by atoms with Crippen molar-refractivity contribution >= 4 is 5.97 Å². The molecule has 0 radical (unpaired) electrons. The van der Waals surface area contributed by atoms with Gasteiger partial charge in [-0.25, -0.2) is 9.18 Å². The SMILES string of the molecule is C#CCOCc1ccc(F)c(C(=O)O)c1. The minimum absolute atomic E-state index is 0.139. The lowest BCUT2D eigenvalue weighted by atomic mass is 10.1. The molecule has 0 fully saturated rings. The summed E-state index contributed by atoms with van der Waals surface area (Å²) >= 11 is 0. The maximum absolute atomic E-state index is 13.0. The fourth-order valence-corrected chi connectivity index (χ4v) is 1.05. The van der Waals surface area contributed by atoms with Gasteiger partial charge >= 0.3 is 5.97 Å². The molecule has 0 amide bonds. The average Bonchev–Trinajstić information content (AvgIpc) is 2.20. The molecular weight excluding hydrogens is 199 g/mol. The predicted octanol–water partition coefficient (Wildman–Crippen LogP) is 1.67. The minimum Gasteiger partial charge on any atom is -0.478 e. The number of hydrogen-bond donors (Lipinski definition) is 1. The molecule has 3 nitrogen and oxygen atoms in total. The highest BCUT2D eigenvalue weighted by atomic mass is 19.1. The highest BCUT2D eigenvalue weighted by Crippen LogP contribution is 2.11. The Morgan fingerprint density at radius 3 is 2.93 bits per heavy atom. The fourth-order valence-electron chi connectivity index (χ4n) is 1.05. The molecule has 78 valence electrons. The van der Waals surface area contributed by atoms with Crippen molar-refractivity contribution in [3.63, 3.8) is 0 Å². The zero-order valence-electron chi connectivity index (χ0n) is 7.87. The smallest absolute Gasteiger partial charge is 0.338 e. The summed E-state index contributed by atoms with van der Waals surface area (Å²) in [6.45, 7) is 0.310. The van der Waals surface area contributed by atoms with E-state index in [-0.39, 0.29) is 18.8 Å². The Kier molecular flexibility index (Phi) is 3.83. The normalized spacial score (nSPS) is 9.60. The third kappa shape index (κ3) is 3.08. The average molecular weight is 208 g/mol. The Labute approximate surface area is 86.5 Å². The molecule has 0 aromatic heterocycles. The van der Waals surface area contributed by atoms with Gasteiger partial charge < -0.3 is 9.84 Å². The van der Waals surface area contributed by atoms with Crippen LogP contribution in [0.3, 0.4) is 0 Å². The van der Waals surface area contributed by atoms with Crippen LogP contribution in [-0.2, 0) is 11.3 Å². The molecule has 15 heavy (non-hydrogen) atoms. The Morgan fingerprint density at radius 1 is 1.60 bits per heavy atom. The Bertz CT molecular complexity index is 407. The molecule has 1 aromatic carbocycles. The van der Waals surface area contributed by atoms with Crippen LogP contribution in [0.2, 0.25) is 0 Å². The van der Waals surface area contributed by atoms with Gasteiger partial charge in [0.2, 0.25) is 0 Å². The molecule has 4 heteroatoms. The summed E-state index contributed by atoms with van der Waals surface area (Å²) in [5.74, 6) is 0.213. The summed E-state index contributed by atoms with van der Waals surface area (Å²) in [6.07, 6.45) is 4.97. The number of aromatic carboxylic acids is 1. The molecule has 1 aromatic rings. The van der Waals surface area contributed by atoms with Crippen LogP contribution >= 0.6 is 0 Å². The number of carboxylic acid groups (broad SMARTS) is 1. The highest BCUT2D eigenvalue weighted by Gasteiger charge is 2.10. The largest absolute Gasteiger partial charge is 0.478 e. The second-order valence-corrected chi connectivity index (χ2v) is 2.82. The van der Waals surface area contributed by atoms with E-state index in [2.05, 4.69) is 5.92 Å². The third-order valence-electron chi connectivity index (χ3n) is 1.72. The summed E-state index contributed by atoms with van der Waals surface area (Å²) < 4.78 is 17.9. The summed E-state index contributed by atoms with van der Waals surface area (Å²) in [4.78, 5) is 10.6. The molecular formula is C11H9FO3. The van der Waals surface area contributed by atoms with Gasteiger partial charge in [0.15, 0.2) is 0 Å². The van der Waals surface area contributed by atoms with Crippen LogP contribution in [0.25, 0.3) is 0 Å². The van der Waals surface area contributed by atoms with E-state index in [0.29, 0.717) is 5.56 Å². The fraction of sp³-hybridized carbons (Fsp3) is 0.182. The zero-order chi connectivity index (χ0) is 11.3. The lowest BCUT2D eigenvalue weighted by Gasteiger charge is -2.03. The molecule has 0 unspecified atom stereocenters. The molecule has 0 aliphatic heterocycles. The van der Waals surface area contributed by atoms with E-state index in [1.807, 2.05) is 0 Å². The molecule has 0 spiro atoms. The molecule has 0 saturated carbocycles. The molecule has 0 saturated heterocycles. The molecule has 0 bridgehead atoms. The second-order valence-electron chi connectivity index (χ2n) is 2.82.